The van der Waals surface area contributed by atoms with E-state index in [0.717, 1.165) is 48.2 Å². The van der Waals surface area contributed by atoms with E-state index in [4.69, 9.17) is 0 Å². The zero-order valence-corrected chi connectivity index (χ0v) is 17.1. The van der Waals surface area contributed by atoms with Crippen LogP contribution in [-0.2, 0) is 18.3 Å². The number of hydrogen-bond donors (Lipinski definition) is 1. The predicted octanol–water partition coefficient (Wildman–Crippen LogP) is 4.94. The van der Waals surface area contributed by atoms with Crippen LogP contribution < -0.4 is 5.32 Å². The van der Waals surface area contributed by atoms with Gasteiger partial charge >= 0.3 is 0 Å². The number of aromatic nitrogens is 2. The summed E-state index contributed by atoms with van der Waals surface area (Å²) in [5.41, 5.74) is 4.09. The van der Waals surface area contributed by atoms with Gasteiger partial charge in [0.25, 0.3) is 5.91 Å². The van der Waals surface area contributed by atoms with Gasteiger partial charge in [0.2, 0.25) is 0 Å². The van der Waals surface area contributed by atoms with Crippen LogP contribution in [0.15, 0.2) is 48.5 Å². The highest BCUT2D eigenvalue weighted by molar-refractivity contribution is 6.04. The first-order valence-corrected chi connectivity index (χ1v) is 10.1. The molecule has 0 saturated carbocycles. The van der Waals surface area contributed by atoms with Crippen molar-refractivity contribution in [3.05, 3.63) is 76.9 Å². The fourth-order valence-electron chi connectivity index (χ4n) is 3.80. The van der Waals surface area contributed by atoms with Crippen molar-refractivity contribution in [2.75, 3.05) is 5.32 Å². The molecule has 6 heteroatoms. The van der Waals surface area contributed by atoms with Gasteiger partial charge in [0.15, 0.2) is 5.69 Å². The van der Waals surface area contributed by atoms with Crippen LogP contribution in [0.25, 0.3) is 5.69 Å². The molecule has 1 aliphatic rings. The number of anilines is 1. The molecule has 3 aromatic rings. The average molecular weight is 402 g/mol. The molecular formula is C24H23FN4O. The second-order valence-corrected chi connectivity index (χ2v) is 8.14. The van der Waals surface area contributed by atoms with Crippen molar-refractivity contribution >= 4 is 11.6 Å². The molecule has 1 aliphatic carbocycles. The Labute approximate surface area is 175 Å². The average Bonchev–Trinajstić information content (AvgIpc) is 3.14. The van der Waals surface area contributed by atoms with Gasteiger partial charge in [0.1, 0.15) is 5.82 Å². The lowest BCUT2D eigenvalue weighted by Gasteiger charge is -2.16. The van der Waals surface area contributed by atoms with Gasteiger partial charge in [0, 0.05) is 16.9 Å². The lowest BCUT2D eigenvalue weighted by atomic mass is 9.86. The van der Waals surface area contributed by atoms with Crippen molar-refractivity contribution in [3.8, 4) is 11.8 Å². The molecule has 0 spiro atoms. The Morgan fingerprint density at radius 1 is 1.10 bits per heavy atom. The minimum absolute atomic E-state index is 0.263. The van der Waals surface area contributed by atoms with E-state index in [2.05, 4.69) is 16.5 Å². The smallest absolute Gasteiger partial charge is 0.276 e. The first-order valence-electron chi connectivity index (χ1n) is 10.1. The number of carbonyl (C=O) groups excluding carboxylic acids is 1. The number of hydrogen-bond acceptors (Lipinski definition) is 3. The quantitative estimate of drug-likeness (QED) is 0.672. The van der Waals surface area contributed by atoms with Crippen LogP contribution in [0.2, 0.25) is 0 Å². The van der Waals surface area contributed by atoms with Crippen molar-refractivity contribution in [2.24, 2.45) is 0 Å². The van der Waals surface area contributed by atoms with Crippen LogP contribution in [-0.4, -0.2) is 15.7 Å². The number of benzene rings is 2. The number of amides is 1. The molecule has 5 nitrogen and oxygen atoms in total. The summed E-state index contributed by atoms with van der Waals surface area (Å²) in [6, 6.07) is 15.7. The molecule has 1 amide bonds. The molecule has 1 aromatic heterocycles. The van der Waals surface area contributed by atoms with Crippen LogP contribution in [0.1, 0.15) is 54.0 Å². The van der Waals surface area contributed by atoms with Gasteiger partial charge in [-0.1, -0.05) is 12.1 Å². The van der Waals surface area contributed by atoms with E-state index in [9.17, 15) is 14.4 Å². The summed E-state index contributed by atoms with van der Waals surface area (Å²) in [5, 5.41) is 16.8. The van der Waals surface area contributed by atoms with E-state index in [1.54, 1.807) is 28.9 Å². The molecular weight excluding hydrogens is 379 g/mol. The van der Waals surface area contributed by atoms with Gasteiger partial charge < -0.3 is 5.32 Å². The van der Waals surface area contributed by atoms with Crippen LogP contribution in [0, 0.1) is 17.1 Å². The lowest BCUT2D eigenvalue weighted by Crippen LogP contribution is -2.16. The topological polar surface area (TPSA) is 70.7 Å². The van der Waals surface area contributed by atoms with E-state index in [1.165, 1.54) is 12.1 Å². The molecule has 0 aliphatic heterocycles. The highest BCUT2D eigenvalue weighted by Crippen LogP contribution is 2.28. The molecule has 0 saturated heterocycles. The standard InChI is InChI=1S/C24H23FN4O/c1-24(2,15-26)16-7-11-18(12-8-16)27-23(30)22-20-5-3-4-6-21(20)29(28-22)19-13-9-17(25)10-14-19/h7-14H,3-6H2,1-2H3,(H,27,30). The number of fused-ring (bicyclic) bond motifs is 1. The van der Waals surface area contributed by atoms with Crippen LogP contribution in [0.5, 0.6) is 0 Å². The molecule has 0 radical (unpaired) electrons. The Bertz CT molecular complexity index is 1120. The first kappa shape index (κ1) is 19.8. The second kappa shape index (κ2) is 7.75. The van der Waals surface area contributed by atoms with Crippen LogP contribution >= 0.6 is 0 Å². The fourth-order valence-corrected chi connectivity index (χ4v) is 3.80. The highest BCUT2D eigenvalue weighted by atomic mass is 19.1. The number of carbonyl (C=O) groups is 1. The fraction of sp³-hybridized carbons (Fsp3) is 0.292. The summed E-state index contributed by atoms with van der Waals surface area (Å²) in [5.74, 6) is -0.568. The van der Waals surface area contributed by atoms with Crippen molar-refractivity contribution in [3.63, 3.8) is 0 Å². The summed E-state index contributed by atoms with van der Waals surface area (Å²) in [4.78, 5) is 13.0. The van der Waals surface area contributed by atoms with E-state index in [1.807, 2.05) is 26.0 Å². The molecule has 1 N–H and O–H groups in total. The van der Waals surface area contributed by atoms with E-state index < -0.39 is 5.41 Å². The summed E-state index contributed by atoms with van der Waals surface area (Å²) in [6.45, 7) is 3.71. The maximum Gasteiger partial charge on any atom is 0.276 e. The number of halogens is 1. The molecule has 1 heterocycles. The minimum Gasteiger partial charge on any atom is -0.321 e. The Kier molecular flexibility index (Phi) is 5.13. The zero-order valence-electron chi connectivity index (χ0n) is 17.1. The summed E-state index contributed by atoms with van der Waals surface area (Å²) in [7, 11) is 0. The van der Waals surface area contributed by atoms with Crippen LogP contribution in [0.3, 0.4) is 0 Å². The molecule has 0 unspecified atom stereocenters. The molecule has 4 rings (SSSR count). The van der Waals surface area contributed by atoms with Gasteiger partial charge in [-0.2, -0.15) is 10.4 Å². The normalized spacial score (nSPS) is 13.4. The van der Waals surface area contributed by atoms with Gasteiger partial charge in [-0.3, -0.25) is 4.79 Å². The third-order valence-corrected chi connectivity index (χ3v) is 5.61. The molecule has 0 bridgehead atoms. The van der Waals surface area contributed by atoms with E-state index in [0.29, 0.717) is 11.4 Å². The van der Waals surface area contributed by atoms with Gasteiger partial charge in [-0.15, -0.1) is 0 Å². The zero-order chi connectivity index (χ0) is 21.3. The first-order chi connectivity index (χ1) is 14.4. The SMILES string of the molecule is CC(C)(C#N)c1ccc(NC(=O)c2nn(-c3ccc(F)cc3)c3c2CCCC3)cc1. The lowest BCUT2D eigenvalue weighted by molar-refractivity contribution is 0.102. The largest absolute Gasteiger partial charge is 0.321 e. The Hall–Kier alpha value is -3.46. The number of nitrogens with zero attached hydrogens (tertiary/aromatic N) is 3. The Balaban J connectivity index is 1.63. The molecule has 0 fully saturated rings. The van der Waals surface area contributed by atoms with Crippen molar-refractivity contribution in [2.45, 2.75) is 44.9 Å². The van der Waals surface area contributed by atoms with Gasteiger partial charge in [-0.05, 0) is 81.5 Å². The van der Waals surface area contributed by atoms with Crippen molar-refractivity contribution < 1.29 is 9.18 Å². The number of nitriles is 1. The third-order valence-electron chi connectivity index (χ3n) is 5.61. The maximum absolute atomic E-state index is 13.3. The Morgan fingerprint density at radius 3 is 2.43 bits per heavy atom. The summed E-state index contributed by atoms with van der Waals surface area (Å²) in [6.07, 6.45) is 3.69. The minimum atomic E-state index is -0.588. The number of nitrogens with one attached hydrogen (secondary N) is 1. The molecule has 0 atom stereocenters. The highest BCUT2D eigenvalue weighted by Gasteiger charge is 2.26. The molecule has 2 aromatic carbocycles. The van der Waals surface area contributed by atoms with E-state index >= 15 is 0 Å². The summed E-state index contributed by atoms with van der Waals surface area (Å²) < 4.78 is 15.1. The molecule has 152 valence electrons. The van der Waals surface area contributed by atoms with Crippen molar-refractivity contribution in [1.29, 1.82) is 5.26 Å². The number of rotatable bonds is 4. The van der Waals surface area contributed by atoms with E-state index in [-0.39, 0.29) is 11.7 Å². The third kappa shape index (κ3) is 3.71. The Morgan fingerprint density at radius 2 is 1.77 bits per heavy atom. The van der Waals surface area contributed by atoms with Crippen LogP contribution in [0.4, 0.5) is 10.1 Å². The monoisotopic (exact) mass is 402 g/mol. The predicted molar refractivity (Wildman–Crippen MR) is 113 cm³/mol. The molecule has 30 heavy (non-hydrogen) atoms. The van der Waals surface area contributed by atoms with Gasteiger partial charge in [-0.25, -0.2) is 9.07 Å². The summed E-state index contributed by atoms with van der Waals surface area (Å²) >= 11 is 0. The second-order valence-electron chi connectivity index (χ2n) is 8.14. The van der Waals surface area contributed by atoms with Gasteiger partial charge in [0.05, 0.1) is 17.2 Å². The maximum atomic E-state index is 13.3. The van der Waals surface area contributed by atoms with Crippen molar-refractivity contribution in [1.82, 2.24) is 9.78 Å².